The van der Waals surface area contributed by atoms with Crippen molar-refractivity contribution in [1.82, 2.24) is 4.98 Å². The minimum absolute atomic E-state index is 0.000439. The molecule has 2 aliphatic rings. The summed E-state index contributed by atoms with van der Waals surface area (Å²) in [7, 11) is 0. The number of amides is 1. The van der Waals surface area contributed by atoms with Gasteiger partial charge in [0.25, 0.3) is 5.78 Å². The smallest absolute Gasteiger partial charge is 0.301 e. The topological polar surface area (TPSA) is 89.0 Å². The first-order chi connectivity index (χ1) is 20.9. The zero-order chi connectivity index (χ0) is 29.7. The number of aliphatic hydroxyl groups is 1. The third kappa shape index (κ3) is 4.91. The molecular formula is C34H25FN2O5S. The Morgan fingerprint density at radius 1 is 1.05 bits per heavy atom. The number of aromatic nitrogens is 1. The standard InChI is InChI=1S/C34H25FN2O5S/c1-19-14-23-15-22(10-13-27(23)42-19)31(38)29-30(21-8-5-9-25(16-21)41-18-20-6-3-2-4-7-20)37(33(40)32(29)39)34-36-26-12-11-24(35)17-28(26)43-34/h2-13,15-17,19,30,38H,14,18H2,1H3/b31-29-. The predicted molar refractivity (Wildman–Crippen MR) is 162 cm³/mol. The summed E-state index contributed by atoms with van der Waals surface area (Å²) in [6.45, 7) is 2.28. The maximum absolute atomic E-state index is 14.0. The van der Waals surface area contributed by atoms with Crippen molar-refractivity contribution in [3.05, 3.63) is 125 Å². The average molecular weight is 593 g/mol. The van der Waals surface area contributed by atoms with E-state index in [1.165, 1.54) is 23.1 Å². The summed E-state index contributed by atoms with van der Waals surface area (Å²) in [5.74, 6) is -1.14. The van der Waals surface area contributed by atoms with Gasteiger partial charge in [0.1, 0.15) is 35.8 Å². The summed E-state index contributed by atoms with van der Waals surface area (Å²) in [4.78, 5) is 33.2. The van der Waals surface area contributed by atoms with Crippen molar-refractivity contribution in [2.45, 2.75) is 32.1 Å². The van der Waals surface area contributed by atoms with Crippen molar-refractivity contribution in [3.63, 3.8) is 0 Å². The number of benzene rings is 4. The lowest BCUT2D eigenvalue weighted by molar-refractivity contribution is -0.132. The molecular weight excluding hydrogens is 567 g/mol. The van der Waals surface area contributed by atoms with Gasteiger partial charge in [-0.1, -0.05) is 53.8 Å². The molecule has 2 unspecified atom stereocenters. The van der Waals surface area contributed by atoms with E-state index in [2.05, 4.69) is 4.98 Å². The summed E-state index contributed by atoms with van der Waals surface area (Å²) >= 11 is 1.10. The maximum Gasteiger partial charge on any atom is 0.301 e. The van der Waals surface area contributed by atoms with Gasteiger partial charge in [-0.25, -0.2) is 9.37 Å². The van der Waals surface area contributed by atoms with Gasteiger partial charge >= 0.3 is 5.91 Å². The Morgan fingerprint density at radius 2 is 1.88 bits per heavy atom. The Morgan fingerprint density at radius 3 is 2.72 bits per heavy atom. The lowest BCUT2D eigenvalue weighted by Gasteiger charge is -2.23. The number of thiazole rings is 1. The molecule has 43 heavy (non-hydrogen) atoms. The fourth-order valence-electron chi connectivity index (χ4n) is 5.57. The zero-order valence-corrected chi connectivity index (χ0v) is 23.8. The fraction of sp³-hybridized carbons (Fsp3) is 0.147. The lowest BCUT2D eigenvalue weighted by Crippen LogP contribution is -2.29. The average Bonchev–Trinajstić information content (AvgIpc) is 3.68. The number of nitrogens with zero attached hydrogens (tertiary/aromatic N) is 2. The number of ketones is 1. The van der Waals surface area contributed by atoms with Gasteiger partial charge in [0.15, 0.2) is 5.13 Å². The van der Waals surface area contributed by atoms with Gasteiger partial charge in [-0.15, -0.1) is 0 Å². The summed E-state index contributed by atoms with van der Waals surface area (Å²) in [6, 6.07) is 25.2. The quantitative estimate of drug-likeness (QED) is 0.130. The number of Topliss-reactive ketones (excluding diaryl/α,β-unsaturated/α-hetero) is 1. The van der Waals surface area contributed by atoms with Crippen LogP contribution < -0.4 is 14.4 Å². The minimum atomic E-state index is -1.01. The van der Waals surface area contributed by atoms with Gasteiger partial charge in [0, 0.05) is 12.0 Å². The summed E-state index contributed by atoms with van der Waals surface area (Å²) in [5.41, 5.74) is 3.27. The number of ether oxygens (including phenoxy) is 2. The van der Waals surface area contributed by atoms with E-state index in [1.54, 1.807) is 42.5 Å². The highest BCUT2D eigenvalue weighted by molar-refractivity contribution is 7.22. The number of anilines is 1. The van der Waals surface area contributed by atoms with E-state index in [9.17, 15) is 19.1 Å². The van der Waals surface area contributed by atoms with Crippen LogP contribution in [-0.4, -0.2) is 27.9 Å². The zero-order valence-electron chi connectivity index (χ0n) is 23.0. The Balaban J connectivity index is 1.35. The van der Waals surface area contributed by atoms with Crippen molar-refractivity contribution in [2.75, 3.05) is 4.90 Å². The van der Waals surface area contributed by atoms with Crippen LogP contribution in [0, 0.1) is 5.82 Å². The molecule has 0 bridgehead atoms. The fourth-order valence-corrected chi connectivity index (χ4v) is 6.59. The Hall–Kier alpha value is -5.02. The SMILES string of the molecule is CC1Cc2cc(/C(O)=C3/C(=O)C(=O)N(c4nc5ccc(F)cc5s4)C3c3cccc(OCc4ccccc4)c3)ccc2O1. The Kier molecular flexibility index (Phi) is 6.66. The van der Waals surface area contributed by atoms with Gasteiger partial charge in [-0.2, -0.15) is 0 Å². The molecule has 1 fully saturated rings. The number of hydrogen-bond donors (Lipinski definition) is 1. The van der Waals surface area contributed by atoms with E-state index in [-0.39, 0.29) is 22.6 Å². The van der Waals surface area contributed by atoms with Crippen LogP contribution in [0.2, 0.25) is 0 Å². The number of fused-ring (bicyclic) bond motifs is 2. The van der Waals surface area contributed by atoms with Gasteiger partial charge < -0.3 is 14.6 Å². The maximum atomic E-state index is 14.0. The molecule has 7 rings (SSSR count). The third-order valence-electron chi connectivity index (χ3n) is 7.58. The minimum Gasteiger partial charge on any atom is -0.507 e. The van der Waals surface area contributed by atoms with Crippen LogP contribution in [0.4, 0.5) is 9.52 Å². The highest BCUT2D eigenvalue weighted by atomic mass is 32.1. The van der Waals surface area contributed by atoms with E-state index in [0.29, 0.717) is 40.1 Å². The van der Waals surface area contributed by atoms with Crippen LogP contribution in [0.5, 0.6) is 11.5 Å². The predicted octanol–water partition coefficient (Wildman–Crippen LogP) is 6.96. The van der Waals surface area contributed by atoms with Crippen LogP contribution in [0.3, 0.4) is 0 Å². The molecule has 2 aliphatic heterocycles. The molecule has 4 aromatic carbocycles. The van der Waals surface area contributed by atoms with Gasteiger partial charge in [-0.05, 0) is 72.1 Å². The van der Waals surface area contributed by atoms with Gasteiger partial charge in [-0.3, -0.25) is 14.5 Å². The van der Waals surface area contributed by atoms with E-state index in [1.807, 2.05) is 37.3 Å². The molecule has 5 aromatic rings. The summed E-state index contributed by atoms with van der Waals surface area (Å²) in [5, 5.41) is 11.9. The molecule has 214 valence electrons. The van der Waals surface area contributed by atoms with Crippen molar-refractivity contribution in [3.8, 4) is 11.5 Å². The molecule has 9 heteroatoms. The van der Waals surface area contributed by atoms with Crippen molar-refractivity contribution in [2.24, 2.45) is 0 Å². The number of carbonyl (C=O) groups is 2. The monoisotopic (exact) mass is 592 g/mol. The molecule has 1 aromatic heterocycles. The van der Waals surface area contributed by atoms with Crippen LogP contribution >= 0.6 is 11.3 Å². The van der Waals surface area contributed by atoms with Crippen molar-refractivity contribution in [1.29, 1.82) is 0 Å². The largest absolute Gasteiger partial charge is 0.507 e. The number of carbonyl (C=O) groups excluding carboxylic acids is 2. The van der Waals surface area contributed by atoms with E-state index in [0.717, 1.165) is 28.2 Å². The first-order valence-corrected chi connectivity index (χ1v) is 14.6. The molecule has 0 aliphatic carbocycles. The van der Waals surface area contributed by atoms with Gasteiger partial charge in [0.05, 0.1) is 21.8 Å². The first kappa shape index (κ1) is 26.9. The van der Waals surface area contributed by atoms with Crippen molar-refractivity contribution < 1.29 is 28.6 Å². The van der Waals surface area contributed by atoms with E-state index in [4.69, 9.17) is 9.47 Å². The number of halogens is 1. The number of aliphatic hydroxyl groups excluding tert-OH is 1. The molecule has 1 N–H and O–H groups in total. The van der Waals surface area contributed by atoms with Gasteiger partial charge in [0.2, 0.25) is 0 Å². The molecule has 1 saturated heterocycles. The summed E-state index contributed by atoms with van der Waals surface area (Å²) < 4.78 is 26.4. The van der Waals surface area contributed by atoms with Crippen LogP contribution in [0.25, 0.3) is 16.0 Å². The van der Waals surface area contributed by atoms with Crippen LogP contribution in [0.15, 0.2) is 96.6 Å². The first-order valence-electron chi connectivity index (χ1n) is 13.8. The number of hydrogen-bond acceptors (Lipinski definition) is 7. The molecule has 0 radical (unpaired) electrons. The van der Waals surface area contributed by atoms with Crippen LogP contribution in [-0.2, 0) is 22.6 Å². The molecule has 1 amide bonds. The second-order valence-corrected chi connectivity index (χ2v) is 11.6. The Bertz CT molecular complexity index is 1940. The third-order valence-corrected chi connectivity index (χ3v) is 8.60. The van der Waals surface area contributed by atoms with Crippen LogP contribution in [0.1, 0.15) is 35.2 Å². The molecule has 7 nitrogen and oxygen atoms in total. The second-order valence-electron chi connectivity index (χ2n) is 10.6. The lowest BCUT2D eigenvalue weighted by atomic mass is 9.94. The summed E-state index contributed by atoms with van der Waals surface area (Å²) in [6.07, 6.45) is 0.664. The molecule has 3 heterocycles. The van der Waals surface area contributed by atoms with E-state index < -0.39 is 23.5 Å². The molecule has 0 saturated carbocycles. The molecule has 2 atom stereocenters. The van der Waals surface area contributed by atoms with E-state index >= 15 is 0 Å². The molecule has 0 spiro atoms. The Labute approximate surface area is 250 Å². The van der Waals surface area contributed by atoms with Crippen molar-refractivity contribution >= 4 is 44.1 Å². The highest BCUT2D eigenvalue weighted by Crippen LogP contribution is 2.45. The normalized spacial score (nSPS) is 19.1. The highest BCUT2D eigenvalue weighted by Gasteiger charge is 2.48. The second kappa shape index (κ2) is 10.7. The number of rotatable bonds is 6.